The van der Waals surface area contributed by atoms with Crippen molar-refractivity contribution in [2.75, 3.05) is 17.0 Å². The van der Waals surface area contributed by atoms with Gasteiger partial charge in [0.15, 0.2) is 5.16 Å². The number of rotatable bonds is 7. The van der Waals surface area contributed by atoms with Crippen molar-refractivity contribution >= 4 is 39.3 Å². The molecule has 0 spiro atoms. The Labute approximate surface area is 178 Å². The standard InChI is InChI=1S/C20H18N4O4S2/c1-23-11-10-21-20(23)29-15-8-6-14(7-9-15)22-30(27,28)13-12-24-18(25)16-4-2-3-5-17(16)19(24)26/h2-11,22H,12-13H2,1H3. The Morgan fingerprint density at radius 3 is 2.20 bits per heavy atom. The summed E-state index contributed by atoms with van der Waals surface area (Å²) in [5.74, 6) is -1.33. The van der Waals surface area contributed by atoms with Crippen LogP contribution in [0.4, 0.5) is 5.69 Å². The van der Waals surface area contributed by atoms with Crippen molar-refractivity contribution in [3.05, 3.63) is 72.1 Å². The molecular formula is C20H18N4O4S2. The molecule has 0 atom stereocenters. The smallest absolute Gasteiger partial charge is 0.261 e. The lowest BCUT2D eigenvalue weighted by atomic mass is 10.1. The van der Waals surface area contributed by atoms with Crippen LogP contribution in [0.15, 0.2) is 71.0 Å². The minimum Gasteiger partial charge on any atom is -0.329 e. The van der Waals surface area contributed by atoms with E-state index in [9.17, 15) is 18.0 Å². The molecule has 1 aliphatic rings. The number of imide groups is 1. The van der Waals surface area contributed by atoms with Gasteiger partial charge in [-0.15, -0.1) is 0 Å². The lowest BCUT2D eigenvalue weighted by Gasteiger charge is -2.14. The Balaban J connectivity index is 1.37. The van der Waals surface area contributed by atoms with Crippen molar-refractivity contribution in [2.45, 2.75) is 10.1 Å². The van der Waals surface area contributed by atoms with Crippen LogP contribution in [0.5, 0.6) is 0 Å². The number of anilines is 1. The Morgan fingerprint density at radius 2 is 1.63 bits per heavy atom. The normalized spacial score (nSPS) is 13.6. The van der Waals surface area contributed by atoms with Gasteiger partial charge in [0.1, 0.15) is 0 Å². The van der Waals surface area contributed by atoms with Crippen LogP contribution in [0.2, 0.25) is 0 Å². The number of carbonyl (C=O) groups is 2. The van der Waals surface area contributed by atoms with Crippen molar-refractivity contribution in [1.29, 1.82) is 0 Å². The zero-order valence-electron chi connectivity index (χ0n) is 16.0. The molecule has 0 unspecified atom stereocenters. The quantitative estimate of drug-likeness (QED) is 0.565. The van der Waals surface area contributed by atoms with Gasteiger partial charge in [-0.05, 0) is 36.4 Å². The largest absolute Gasteiger partial charge is 0.329 e. The molecule has 0 aliphatic carbocycles. The van der Waals surface area contributed by atoms with Crippen molar-refractivity contribution in [3.63, 3.8) is 0 Å². The number of hydrogen-bond acceptors (Lipinski definition) is 6. The molecule has 1 aliphatic heterocycles. The average Bonchev–Trinajstić information content (AvgIpc) is 3.23. The number of fused-ring (bicyclic) bond motifs is 1. The van der Waals surface area contributed by atoms with E-state index in [0.717, 1.165) is 15.0 Å². The molecule has 30 heavy (non-hydrogen) atoms. The number of carbonyl (C=O) groups excluding carboxylic acids is 2. The van der Waals surface area contributed by atoms with E-state index in [-0.39, 0.29) is 12.3 Å². The third kappa shape index (κ3) is 4.10. The van der Waals surface area contributed by atoms with Gasteiger partial charge in [0.2, 0.25) is 10.0 Å². The minimum atomic E-state index is -3.75. The predicted molar refractivity (Wildman–Crippen MR) is 113 cm³/mol. The summed E-state index contributed by atoms with van der Waals surface area (Å²) in [6, 6.07) is 13.4. The van der Waals surface area contributed by atoms with Crippen molar-refractivity contribution in [2.24, 2.45) is 7.05 Å². The summed E-state index contributed by atoms with van der Waals surface area (Å²) in [5.41, 5.74) is 1.00. The van der Waals surface area contributed by atoms with E-state index in [2.05, 4.69) is 9.71 Å². The highest BCUT2D eigenvalue weighted by atomic mass is 32.2. The number of hydrogen-bond donors (Lipinski definition) is 1. The summed E-state index contributed by atoms with van der Waals surface area (Å²) in [4.78, 5) is 30.8. The van der Waals surface area contributed by atoms with Crippen LogP contribution >= 0.6 is 11.8 Å². The zero-order chi connectivity index (χ0) is 21.3. The van der Waals surface area contributed by atoms with Crippen LogP contribution in [0.25, 0.3) is 0 Å². The highest BCUT2D eigenvalue weighted by Gasteiger charge is 2.35. The van der Waals surface area contributed by atoms with Gasteiger partial charge in [-0.2, -0.15) is 0 Å². The molecule has 2 aromatic carbocycles. The van der Waals surface area contributed by atoms with E-state index in [4.69, 9.17) is 0 Å². The van der Waals surface area contributed by atoms with E-state index in [1.54, 1.807) is 54.7 Å². The summed E-state index contributed by atoms with van der Waals surface area (Å²) in [7, 11) is -1.85. The molecule has 1 aromatic heterocycles. The fraction of sp³-hybridized carbons (Fsp3) is 0.150. The molecule has 10 heteroatoms. The first kappa shape index (κ1) is 20.2. The van der Waals surface area contributed by atoms with E-state index in [0.29, 0.717) is 16.8 Å². The maximum absolute atomic E-state index is 12.4. The Bertz CT molecular complexity index is 1180. The fourth-order valence-electron chi connectivity index (χ4n) is 3.03. The van der Waals surface area contributed by atoms with Crippen molar-refractivity contribution in [3.8, 4) is 0 Å². The molecule has 3 aromatic rings. The molecule has 0 fully saturated rings. The third-order valence-electron chi connectivity index (χ3n) is 4.58. The first-order valence-corrected chi connectivity index (χ1v) is 11.5. The number of nitrogens with zero attached hydrogens (tertiary/aromatic N) is 3. The number of benzene rings is 2. The third-order valence-corrected chi connectivity index (χ3v) is 6.93. The molecule has 2 amide bonds. The maximum Gasteiger partial charge on any atom is 0.261 e. The summed E-state index contributed by atoms with van der Waals surface area (Å²) >= 11 is 1.46. The van der Waals surface area contributed by atoms with Crippen LogP contribution in [0.3, 0.4) is 0 Å². The number of imidazole rings is 1. The molecule has 0 saturated heterocycles. The predicted octanol–water partition coefficient (Wildman–Crippen LogP) is 2.61. The lowest BCUT2D eigenvalue weighted by Crippen LogP contribution is -2.35. The van der Waals surface area contributed by atoms with Crippen LogP contribution in [-0.2, 0) is 17.1 Å². The van der Waals surface area contributed by atoms with Gasteiger partial charge < -0.3 is 4.57 Å². The first-order valence-electron chi connectivity index (χ1n) is 9.05. The number of nitrogens with one attached hydrogen (secondary N) is 1. The van der Waals surface area contributed by atoms with Crippen LogP contribution in [-0.4, -0.2) is 47.0 Å². The lowest BCUT2D eigenvalue weighted by molar-refractivity contribution is 0.0664. The fourth-order valence-corrected chi connectivity index (χ4v) is 4.85. The SMILES string of the molecule is Cn1ccnc1Sc1ccc(NS(=O)(=O)CCN2C(=O)c3ccccc3C2=O)cc1. The zero-order valence-corrected chi connectivity index (χ0v) is 17.6. The van der Waals surface area contributed by atoms with Gasteiger partial charge in [-0.1, -0.05) is 23.9 Å². The Kier molecular flexibility index (Phi) is 5.35. The second kappa shape index (κ2) is 7.96. The van der Waals surface area contributed by atoms with E-state index < -0.39 is 21.8 Å². The first-order chi connectivity index (χ1) is 14.3. The molecule has 0 radical (unpaired) electrons. The van der Waals surface area contributed by atoms with Crippen LogP contribution in [0.1, 0.15) is 20.7 Å². The van der Waals surface area contributed by atoms with Crippen LogP contribution < -0.4 is 4.72 Å². The summed E-state index contributed by atoms with van der Waals surface area (Å²) in [6.45, 7) is -0.214. The molecule has 0 bridgehead atoms. The number of sulfonamides is 1. The molecule has 1 N–H and O–H groups in total. The van der Waals surface area contributed by atoms with Gasteiger partial charge in [0.25, 0.3) is 11.8 Å². The Morgan fingerprint density at radius 1 is 1.00 bits per heavy atom. The Hall–Kier alpha value is -3.11. The van der Waals surface area contributed by atoms with Gasteiger partial charge in [0.05, 0.1) is 16.9 Å². The van der Waals surface area contributed by atoms with E-state index in [1.165, 1.54) is 11.8 Å². The van der Waals surface area contributed by atoms with E-state index in [1.807, 2.05) is 17.8 Å². The van der Waals surface area contributed by atoms with Crippen LogP contribution in [0, 0.1) is 0 Å². The highest BCUT2D eigenvalue weighted by molar-refractivity contribution is 7.99. The van der Waals surface area contributed by atoms with E-state index >= 15 is 0 Å². The van der Waals surface area contributed by atoms with Crippen molar-refractivity contribution in [1.82, 2.24) is 14.5 Å². The van der Waals surface area contributed by atoms with Gasteiger partial charge in [-0.3, -0.25) is 19.2 Å². The monoisotopic (exact) mass is 442 g/mol. The van der Waals surface area contributed by atoms with Crippen molar-refractivity contribution < 1.29 is 18.0 Å². The molecule has 4 rings (SSSR count). The molecule has 0 saturated carbocycles. The summed E-state index contributed by atoms with van der Waals surface area (Å²) < 4.78 is 29.3. The summed E-state index contributed by atoms with van der Waals surface area (Å²) in [5, 5.41) is 0.823. The summed E-state index contributed by atoms with van der Waals surface area (Å²) in [6.07, 6.45) is 3.55. The molecule has 2 heterocycles. The number of aromatic nitrogens is 2. The van der Waals surface area contributed by atoms with Gasteiger partial charge >= 0.3 is 0 Å². The maximum atomic E-state index is 12.4. The second-order valence-electron chi connectivity index (χ2n) is 6.68. The molecular weight excluding hydrogens is 424 g/mol. The topological polar surface area (TPSA) is 101 Å². The minimum absolute atomic E-state index is 0.214. The molecule has 8 nitrogen and oxygen atoms in total. The van der Waals surface area contributed by atoms with Gasteiger partial charge in [0, 0.05) is 36.6 Å². The number of aryl methyl sites for hydroxylation is 1. The molecule has 154 valence electrons. The average molecular weight is 443 g/mol. The van der Waals surface area contributed by atoms with Gasteiger partial charge in [-0.25, -0.2) is 13.4 Å². The number of amides is 2. The highest BCUT2D eigenvalue weighted by Crippen LogP contribution is 2.27. The second-order valence-corrected chi connectivity index (χ2v) is 9.56.